The van der Waals surface area contributed by atoms with Gasteiger partial charge in [-0.05, 0) is 50.5 Å². The Morgan fingerprint density at radius 2 is 2.04 bits per heavy atom. The van der Waals surface area contributed by atoms with Crippen LogP contribution in [0.15, 0.2) is 18.2 Å². The van der Waals surface area contributed by atoms with Gasteiger partial charge in [-0.1, -0.05) is 13.0 Å². The number of carbonyl (C=O) groups excluding carboxylic acids is 3. The molecule has 0 saturated carbocycles. The van der Waals surface area contributed by atoms with E-state index in [-0.39, 0.29) is 18.5 Å². The van der Waals surface area contributed by atoms with E-state index in [1.165, 1.54) is 0 Å². The van der Waals surface area contributed by atoms with Crippen LogP contribution >= 0.6 is 0 Å². The van der Waals surface area contributed by atoms with Crippen LogP contribution in [0.2, 0.25) is 0 Å². The molecule has 1 aromatic carbocycles. The predicted octanol–water partition coefficient (Wildman–Crippen LogP) is 1.69. The molecule has 0 bridgehead atoms. The van der Waals surface area contributed by atoms with Gasteiger partial charge in [-0.25, -0.2) is 4.79 Å². The molecule has 1 fully saturated rings. The second kappa shape index (κ2) is 7.13. The molecule has 1 atom stereocenters. The van der Waals surface area contributed by atoms with Crippen LogP contribution in [-0.2, 0) is 15.1 Å². The number of rotatable bonds is 6. The molecule has 1 heterocycles. The lowest BCUT2D eigenvalue weighted by Gasteiger charge is -2.26. The lowest BCUT2D eigenvalue weighted by molar-refractivity contribution is -0.135. The zero-order chi connectivity index (χ0) is 18.8. The number of hydrogen-bond acceptors (Lipinski definition) is 4. The SMILES string of the molecule is CCC1(c2ccc(OC)c(C)c2)NC(=O)N(CC(=O)NC(C)C)C1=O. The third-order valence-electron chi connectivity index (χ3n) is 4.35. The van der Waals surface area contributed by atoms with Gasteiger partial charge in [0, 0.05) is 6.04 Å². The number of methoxy groups -OCH3 is 1. The fraction of sp³-hybridized carbons (Fsp3) is 0.500. The Balaban J connectivity index is 2.33. The Kier molecular flexibility index (Phi) is 5.35. The highest BCUT2D eigenvalue weighted by Crippen LogP contribution is 2.34. The third kappa shape index (κ3) is 3.45. The first kappa shape index (κ1) is 18.8. The van der Waals surface area contributed by atoms with Gasteiger partial charge in [0.2, 0.25) is 5.91 Å². The van der Waals surface area contributed by atoms with Gasteiger partial charge in [-0.15, -0.1) is 0 Å². The van der Waals surface area contributed by atoms with Crippen LogP contribution < -0.4 is 15.4 Å². The maximum absolute atomic E-state index is 13.0. The molecule has 7 heteroatoms. The Morgan fingerprint density at radius 3 is 2.56 bits per heavy atom. The van der Waals surface area contributed by atoms with Crippen molar-refractivity contribution in [1.82, 2.24) is 15.5 Å². The Bertz CT molecular complexity index is 702. The maximum atomic E-state index is 13.0. The average Bonchev–Trinajstić information content (AvgIpc) is 2.79. The molecule has 1 saturated heterocycles. The monoisotopic (exact) mass is 347 g/mol. The first-order chi connectivity index (χ1) is 11.7. The minimum atomic E-state index is -1.16. The Morgan fingerprint density at radius 1 is 1.36 bits per heavy atom. The largest absolute Gasteiger partial charge is 0.496 e. The van der Waals surface area contributed by atoms with Crippen molar-refractivity contribution in [2.45, 2.75) is 45.7 Å². The van der Waals surface area contributed by atoms with Crippen LogP contribution in [0.25, 0.3) is 0 Å². The predicted molar refractivity (Wildman–Crippen MR) is 93.2 cm³/mol. The molecule has 1 aliphatic heterocycles. The molecule has 0 aliphatic carbocycles. The number of benzene rings is 1. The minimum Gasteiger partial charge on any atom is -0.496 e. The van der Waals surface area contributed by atoms with Gasteiger partial charge in [-0.2, -0.15) is 0 Å². The molecule has 1 aromatic rings. The molecule has 2 N–H and O–H groups in total. The molecule has 4 amide bonds. The first-order valence-electron chi connectivity index (χ1n) is 8.33. The zero-order valence-electron chi connectivity index (χ0n) is 15.3. The van der Waals surface area contributed by atoms with Gasteiger partial charge in [-0.3, -0.25) is 14.5 Å². The number of ether oxygens (including phenoxy) is 1. The van der Waals surface area contributed by atoms with E-state index in [2.05, 4.69) is 10.6 Å². The Labute approximate surface area is 147 Å². The molecular weight excluding hydrogens is 322 g/mol. The number of amides is 4. The van der Waals surface area contributed by atoms with Crippen LogP contribution in [0.1, 0.15) is 38.3 Å². The number of nitrogens with one attached hydrogen (secondary N) is 2. The molecule has 7 nitrogen and oxygen atoms in total. The summed E-state index contributed by atoms with van der Waals surface area (Å²) in [4.78, 5) is 38.3. The fourth-order valence-corrected chi connectivity index (χ4v) is 3.06. The number of hydrogen-bond donors (Lipinski definition) is 2. The molecule has 25 heavy (non-hydrogen) atoms. The van der Waals surface area contributed by atoms with Crippen molar-refractivity contribution in [3.05, 3.63) is 29.3 Å². The summed E-state index contributed by atoms with van der Waals surface area (Å²) in [6.45, 7) is 7.05. The third-order valence-corrected chi connectivity index (χ3v) is 4.35. The summed E-state index contributed by atoms with van der Waals surface area (Å²) in [5.74, 6) is -0.0697. The Hall–Kier alpha value is -2.57. The van der Waals surface area contributed by atoms with Crippen molar-refractivity contribution in [2.75, 3.05) is 13.7 Å². The van der Waals surface area contributed by atoms with E-state index < -0.39 is 17.5 Å². The molecule has 1 unspecified atom stereocenters. The number of urea groups is 1. The summed E-state index contributed by atoms with van der Waals surface area (Å²) < 4.78 is 5.25. The topological polar surface area (TPSA) is 87.7 Å². The van der Waals surface area contributed by atoms with Crippen LogP contribution in [-0.4, -0.2) is 42.4 Å². The highest BCUT2D eigenvalue weighted by molar-refractivity contribution is 6.09. The van der Waals surface area contributed by atoms with E-state index in [4.69, 9.17) is 4.74 Å². The molecular formula is C18H25N3O4. The summed E-state index contributed by atoms with van der Waals surface area (Å²) >= 11 is 0. The lowest BCUT2D eigenvalue weighted by atomic mass is 9.86. The minimum absolute atomic E-state index is 0.0616. The van der Waals surface area contributed by atoms with Gasteiger partial charge in [0.1, 0.15) is 17.8 Å². The van der Waals surface area contributed by atoms with Crippen molar-refractivity contribution in [3.63, 3.8) is 0 Å². The van der Waals surface area contributed by atoms with Gasteiger partial charge in [0.15, 0.2) is 0 Å². The summed E-state index contributed by atoms with van der Waals surface area (Å²) in [5, 5.41) is 5.46. The molecule has 136 valence electrons. The van der Waals surface area contributed by atoms with Crippen molar-refractivity contribution in [3.8, 4) is 5.75 Å². The van der Waals surface area contributed by atoms with Gasteiger partial charge >= 0.3 is 6.03 Å². The smallest absolute Gasteiger partial charge is 0.325 e. The van der Waals surface area contributed by atoms with E-state index in [9.17, 15) is 14.4 Å². The fourth-order valence-electron chi connectivity index (χ4n) is 3.06. The van der Waals surface area contributed by atoms with E-state index in [1.807, 2.05) is 33.8 Å². The molecule has 1 aliphatic rings. The highest BCUT2D eigenvalue weighted by atomic mass is 16.5. The standard InChI is InChI=1S/C18H25N3O4/c1-6-18(13-7-8-14(25-5)12(4)9-13)16(23)21(17(24)20-18)10-15(22)19-11(2)3/h7-9,11H,6,10H2,1-5H3,(H,19,22)(H,20,24). The lowest BCUT2D eigenvalue weighted by Crippen LogP contribution is -2.45. The second-order valence-corrected chi connectivity index (χ2v) is 6.49. The number of nitrogens with zero attached hydrogens (tertiary/aromatic N) is 1. The van der Waals surface area contributed by atoms with Crippen LogP contribution in [0.4, 0.5) is 4.79 Å². The maximum Gasteiger partial charge on any atom is 0.325 e. The molecule has 0 spiro atoms. The number of aryl methyl sites for hydroxylation is 1. The van der Waals surface area contributed by atoms with E-state index in [0.29, 0.717) is 17.7 Å². The zero-order valence-corrected chi connectivity index (χ0v) is 15.3. The second-order valence-electron chi connectivity index (χ2n) is 6.49. The van der Waals surface area contributed by atoms with Crippen molar-refractivity contribution >= 4 is 17.8 Å². The van der Waals surface area contributed by atoms with Crippen molar-refractivity contribution < 1.29 is 19.1 Å². The summed E-state index contributed by atoms with van der Waals surface area (Å²) in [7, 11) is 1.58. The van der Waals surface area contributed by atoms with Crippen molar-refractivity contribution in [2.24, 2.45) is 0 Å². The summed E-state index contributed by atoms with van der Waals surface area (Å²) in [6.07, 6.45) is 0.381. The van der Waals surface area contributed by atoms with E-state index in [0.717, 1.165) is 10.5 Å². The quantitative estimate of drug-likeness (QED) is 0.767. The van der Waals surface area contributed by atoms with Crippen LogP contribution in [0.3, 0.4) is 0 Å². The van der Waals surface area contributed by atoms with E-state index >= 15 is 0 Å². The van der Waals surface area contributed by atoms with E-state index in [1.54, 1.807) is 19.2 Å². The highest BCUT2D eigenvalue weighted by Gasteiger charge is 2.51. The number of imide groups is 1. The first-order valence-corrected chi connectivity index (χ1v) is 8.33. The molecule has 0 aromatic heterocycles. The molecule has 0 radical (unpaired) electrons. The summed E-state index contributed by atoms with van der Waals surface area (Å²) in [6, 6.07) is 4.76. The van der Waals surface area contributed by atoms with Gasteiger partial charge in [0.05, 0.1) is 7.11 Å². The van der Waals surface area contributed by atoms with Crippen molar-refractivity contribution in [1.29, 1.82) is 0 Å². The van der Waals surface area contributed by atoms with Crippen LogP contribution in [0.5, 0.6) is 5.75 Å². The van der Waals surface area contributed by atoms with Gasteiger partial charge in [0.25, 0.3) is 5.91 Å². The normalized spacial score (nSPS) is 20.0. The summed E-state index contributed by atoms with van der Waals surface area (Å²) in [5.41, 5.74) is 0.385. The van der Waals surface area contributed by atoms with Gasteiger partial charge < -0.3 is 15.4 Å². The average molecular weight is 347 g/mol. The number of carbonyl (C=O) groups is 3. The molecule has 2 rings (SSSR count). The van der Waals surface area contributed by atoms with Crippen LogP contribution in [0, 0.1) is 6.92 Å².